The lowest BCUT2D eigenvalue weighted by Gasteiger charge is -2.42. The Morgan fingerprint density at radius 2 is 2.00 bits per heavy atom. The number of carbonyl (C=O) groups is 2. The molecule has 1 N–H and O–H groups in total. The fraction of sp³-hybridized carbons (Fsp3) is 0.667. The molecule has 1 fully saturated rings. The third-order valence-corrected chi connectivity index (χ3v) is 4.97. The first-order valence-electron chi connectivity index (χ1n) is 8.87. The van der Waals surface area contributed by atoms with E-state index in [4.69, 9.17) is 0 Å². The average molecular weight is 347 g/mol. The van der Waals surface area contributed by atoms with Crippen molar-refractivity contribution in [2.45, 2.75) is 32.1 Å². The fourth-order valence-electron chi connectivity index (χ4n) is 3.56. The lowest BCUT2D eigenvalue weighted by molar-refractivity contribution is -0.146. The highest BCUT2D eigenvalue weighted by atomic mass is 16.2. The Morgan fingerprint density at radius 1 is 1.28 bits per heavy atom. The van der Waals surface area contributed by atoms with Crippen molar-refractivity contribution in [1.29, 1.82) is 0 Å². The summed E-state index contributed by atoms with van der Waals surface area (Å²) in [4.78, 5) is 36.9. The maximum absolute atomic E-state index is 12.8. The molecule has 2 amide bonds. The number of rotatable bonds is 7. The lowest BCUT2D eigenvalue weighted by atomic mass is 9.73. The average Bonchev–Trinajstić information content (AvgIpc) is 2.62. The van der Waals surface area contributed by atoms with Crippen molar-refractivity contribution in [3.05, 3.63) is 24.3 Å². The van der Waals surface area contributed by atoms with Crippen LogP contribution in [0.1, 0.15) is 31.4 Å². The van der Waals surface area contributed by atoms with E-state index in [1.165, 1.54) is 0 Å². The first-order chi connectivity index (χ1) is 12.0. The van der Waals surface area contributed by atoms with E-state index in [0.29, 0.717) is 19.6 Å². The summed E-state index contributed by atoms with van der Waals surface area (Å²) in [7, 11) is 5.39. The molecule has 0 aromatic carbocycles. The molecule has 0 saturated carbocycles. The zero-order chi connectivity index (χ0) is 18.3. The third kappa shape index (κ3) is 4.98. The highest BCUT2D eigenvalue weighted by Gasteiger charge is 2.42. The molecule has 2 heterocycles. The van der Waals surface area contributed by atoms with Crippen LogP contribution in [0.4, 0.5) is 0 Å². The molecule has 25 heavy (non-hydrogen) atoms. The van der Waals surface area contributed by atoms with Crippen LogP contribution in [0, 0.1) is 5.41 Å². The summed E-state index contributed by atoms with van der Waals surface area (Å²) in [5, 5.41) is 2.90. The van der Waals surface area contributed by atoms with E-state index < -0.39 is 0 Å². The Labute approximate surface area is 149 Å². The molecule has 7 nitrogen and oxygen atoms in total. The second-order valence-electron chi connectivity index (χ2n) is 6.94. The fourth-order valence-corrected chi connectivity index (χ4v) is 3.56. The summed E-state index contributed by atoms with van der Waals surface area (Å²) in [5.41, 5.74) is 0.582. The Morgan fingerprint density at radius 3 is 2.56 bits per heavy atom. The van der Waals surface area contributed by atoms with Gasteiger partial charge in [-0.15, -0.1) is 0 Å². The van der Waals surface area contributed by atoms with Crippen LogP contribution in [-0.2, 0) is 16.0 Å². The van der Waals surface area contributed by atoms with Gasteiger partial charge in [0.25, 0.3) is 0 Å². The van der Waals surface area contributed by atoms with Gasteiger partial charge in [-0.05, 0) is 39.2 Å². The SMILES string of the molecule is CNCC(=O)N1CCC(CCCc2cnccn2)(C(=O)N(C)C)CC1. The molecule has 0 spiro atoms. The van der Waals surface area contributed by atoms with Gasteiger partial charge in [0.1, 0.15) is 0 Å². The quantitative estimate of drug-likeness (QED) is 0.786. The summed E-state index contributed by atoms with van der Waals surface area (Å²) < 4.78 is 0. The molecule has 1 aromatic rings. The Kier molecular flexibility index (Phi) is 6.87. The number of likely N-dealkylation sites (N-methyl/N-ethyl adjacent to an activating group) is 1. The first kappa shape index (κ1) is 19.3. The topological polar surface area (TPSA) is 78.4 Å². The molecule has 0 radical (unpaired) electrons. The van der Waals surface area contributed by atoms with Gasteiger partial charge in [-0.1, -0.05) is 0 Å². The van der Waals surface area contributed by atoms with Crippen LogP contribution >= 0.6 is 0 Å². The molecule has 2 rings (SSSR count). The third-order valence-electron chi connectivity index (χ3n) is 4.97. The molecule has 0 atom stereocenters. The standard InChI is InChI=1S/C18H29N5O2/c1-19-14-16(24)23-11-7-18(8-12-23,17(25)22(2)3)6-4-5-15-13-20-9-10-21-15/h9-10,13,19H,4-8,11-12,14H2,1-3H3. The number of aromatic nitrogens is 2. The molecule has 7 heteroatoms. The number of amides is 2. The smallest absolute Gasteiger partial charge is 0.236 e. The maximum atomic E-state index is 12.8. The van der Waals surface area contributed by atoms with Crippen LogP contribution in [0.25, 0.3) is 0 Å². The van der Waals surface area contributed by atoms with Crippen molar-refractivity contribution in [1.82, 2.24) is 25.1 Å². The van der Waals surface area contributed by atoms with Gasteiger partial charge >= 0.3 is 0 Å². The van der Waals surface area contributed by atoms with Crippen LogP contribution in [0.2, 0.25) is 0 Å². The molecule has 1 aliphatic heterocycles. The summed E-state index contributed by atoms with van der Waals surface area (Å²) in [5.74, 6) is 0.278. The van der Waals surface area contributed by atoms with Crippen LogP contribution in [0.5, 0.6) is 0 Å². The van der Waals surface area contributed by atoms with Crippen molar-refractivity contribution in [2.75, 3.05) is 40.8 Å². The van der Waals surface area contributed by atoms with Crippen molar-refractivity contribution in [2.24, 2.45) is 5.41 Å². The number of hydrogen-bond donors (Lipinski definition) is 1. The van der Waals surface area contributed by atoms with Crippen molar-refractivity contribution in [3.8, 4) is 0 Å². The number of nitrogens with zero attached hydrogens (tertiary/aromatic N) is 4. The largest absolute Gasteiger partial charge is 0.348 e. The second kappa shape index (κ2) is 8.89. The maximum Gasteiger partial charge on any atom is 0.236 e. The minimum Gasteiger partial charge on any atom is -0.348 e. The molecule has 0 unspecified atom stereocenters. The number of carbonyl (C=O) groups excluding carboxylic acids is 2. The molecule has 1 aliphatic rings. The van der Waals surface area contributed by atoms with Crippen LogP contribution < -0.4 is 5.32 Å². The molecule has 138 valence electrons. The summed E-state index contributed by atoms with van der Waals surface area (Å²) in [6.07, 6.45) is 9.11. The molecule has 0 aliphatic carbocycles. The second-order valence-corrected chi connectivity index (χ2v) is 6.94. The van der Waals surface area contributed by atoms with E-state index in [2.05, 4.69) is 15.3 Å². The molecule has 0 bridgehead atoms. The predicted molar refractivity (Wildman–Crippen MR) is 95.8 cm³/mol. The molecule has 1 saturated heterocycles. The number of aryl methyl sites for hydroxylation is 1. The minimum absolute atomic E-state index is 0.105. The van der Waals surface area contributed by atoms with Gasteiger partial charge in [0.05, 0.1) is 17.7 Å². The monoisotopic (exact) mass is 347 g/mol. The van der Waals surface area contributed by atoms with Crippen molar-refractivity contribution < 1.29 is 9.59 Å². The zero-order valence-electron chi connectivity index (χ0n) is 15.5. The van der Waals surface area contributed by atoms with E-state index in [0.717, 1.165) is 37.8 Å². The normalized spacial score (nSPS) is 16.5. The van der Waals surface area contributed by atoms with E-state index in [1.807, 2.05) is 19.0 Å². The van der Waals surface area contributed by atoms with E-state index in [-0.39, 0.29) is 17.2 Å². The predicted octanol–water partition coefficient (Wildman–Crippen LogP) is 0.716. The van der Waals surface area contributed by atoms with Gasteiger partial charge in [-0.2, -0.15) is 0 Å². The van der Waals surface area contributed by atoms with Gasteiger partial charge < -0.3 is 15.1 Å². The minimum atomic E-state index is -0.373. The number of piperidine rings is 1. The van der Waals surface area contributed by atoms with E-state index in [1.54, 1.807) is 30.5 Å². The number of hydrogen-bond acceptors (Lipinski definition) is 5. The van der Waals surface area contributed by atoms with Crippen LogP contribution in [0.3, 0.4) is 0 Å². The van der Waals surface area contributed by atoms with E-state index in [9.17, 15) is 9.59 Å². The Balaban J connectivity index is 1.99. The van der Waals surface area contributed by atoms with Crippen LogP contribution in [0.15, 0.2) is 18.6 Å². The van der Waals surface area contributed by atoms with Gasteiger partial charge in [-0.25, -0.2) is 0 Å². The van der Waals surface area contributed by atoms with Crippen LogP contribution in [-0.4, -0.2) is 72.4 Å². The highest BCUT2D eigenvalue weighted by molar-refractivity contribution is 5.83. The van der Waals surface area contributed by atoms with Gasteiger partial charge in [0.2, 0.25) is 11.8 Å². The number of likely N-dealkylation sites (tertiary alicyclic amines) is 1. The molecular weight excluding hydrogens is 318 g/mol. The van der Waals surface area contributed by atoms with Crippen molar-refractivity contribution >= 4 is 11.8 Å². The van der Waals surface area contributed by atoms with Crippen molar-refractivity contribution in [3.63, 3.8) is 0 Å². The summed E-state index contributed by atoms with van der Waals surface area (Å²) in [6, 6.07) is 0. The summed E-state index contributed by atoms with van der Waals surface area (Å²) in [6.45, 7) is 1.64. The Bertz CT molecular complexity index is 568. The number of nitrogens with one attached hydrogen (secondary N) is 1. The summed E-state index contributed by atoms with van der Waals surface area (Å²) >= 11 is 0. The van der Waals surface area contributed by atoms with E-state index >= 15 is 0 Å². The lowest BCUT2D eigenvalue weighted by Crippen LogP contribution is -2.51. The molecular formula is C18H29N5O2. The zero-order valence-corrected chi connectivity index (χ0v) is 15.5. The van der Waals surface area contributed by atoms with Gasteiger partial charge in [0.15, 0.2) is 0 Å². The highest BCUT2D eigenvalue weighted by Crippen LogP contribution is 2.38. The van der Waals surface area contributed by atoms with Gasteiger partial charge in [-0.3, -0.25) is 19.6 Å². The van der Waals surface area contributed by atoms with Gasteiger partial charge in [0, 0.05) is 45.8 Å². The first-order valence-corrected chi connectivity index (χ1v) is 8.87. The Hall–Kier alpha value is -2.02. The molecule has 1 aromatic heterocycles.